The van der Waals surface area contributed by atoms with Crippen molar-refractivity contribution < 1.29 is 14.6 Å². The molecule has 112 valence electrons. The van der Waals surface area contributed by atoms with E-state index in [9.17, 15) is 5.11 Å². The van der Waals surface area contributed by atoms with E-state index in [1.54, 1.807) is 0 Å². The van der Waals surface area contributed by atoms with Gasteiger partial charge in [0.25, 0.3) is 0 Å². The second-order valence-electron chi connectivity index (χ2n) is 6.08. The van der Waals surface area contributed by atoms with Gasteiger partial charge < -0.3 is 19.9 Å². The lowest BCUT2D eigenvalue weighted by Crippen LogP contribution is -2.59. The van der Waals surface area contributed by atoms with E-state index in [2.05, 4.69) is 24.3 Å². The van der Waals surface area contributed by atoms with Crippen molar-refractivity contribution in [3.8, 4) is 0 Å². The van der Waals surface area contributed by atoms with Gasteiger partial charge in [-0.1, -0.05) is 13.8 Å². The summed E-state index contributed by atoms with van der Waals surface area (Å²) in [5, 5.41) is 18.6. The molecule has 2 N–H and O–H groups in total. The zero-order valence-corrected chi connectivity index (χ0v) is 12.4. The van der Waals surface area contributed by atoms with Crippen molar-refractivity contribution in [2.24, 2.45) is 0 Å². The summed E-state index contributed by atoms with van der Waals surface area (Å²) in [6.07, 6.45) is -1.09. The molecule has 0 saturated carbocycles. The van der Waals surface area contributed by atoms with Gasteiger partial charge in [0.1, 0.15) is 12.1 Å². The van der Waals surface area contributed by atoms with Gasteiger partial charge in [0.15, 0.2) is 6.29 Å². The predicted octanol–water partition coefficient (Wildman–Crippen LogP) is 0.524. The van der Waals surface area contributed by atoms with E-state index in [0.29, 0.717) is 6.61 Å². The molecule has 2 bridgehead atoms. The third-order valence-corrected chi connectivity index (χ3v) is 3.98. The van der Waals surface area contributed by atoms with Crippen molar-refractivity contribution in [3.63, 3.8) is 0 Å². The van der Waals surface area contributed by atoms with E-state index >= 15 is 0 Å². The Labute approximate surface area is 119 Å². The van der Waals surface area contributed by atoms with Gasteiger partial charge in [-0.25, -0.2) is 0 Å². The molecule has 0 radical (unpaired) electrons. The van der Waals surface area contributed by atoms with Gasteiger partial charge in [-0.3, -0.25) is 4.68 Å². The Morgan fingerprint density at radius 3 is 2.80 bits per heavy atom. The van der Waals surface area contributed by atoms with E-state index < -0.39 is 12.4 Å². The molecule has 2 aliphatic heterocycles. The Hall–Kier alpha value is -0.950. The third-order valence-electron chi connectivity index (χ3n) is 3.98. The van der Waals surface area contributed by atoms with Crippen LogP contribution in [0.3, 0.4) is 0 Å². The Balaban J connectivity index is 1.91. The van der Waals surface area contributed by atoms with Gasteiger partial charge >= 0.3 is 0 Å². The minimum atomic E-state index is -0.582. The molecule has 0 aliphatic carbocycles. The fourth-order valence-electron chi connectivity index (χ4n) is 3.20. The number of fused-ring (bicyclic) bond motifs is 2. The van der Waals surface area contributed by atoms with Crippen LogP contribution in [0.1, 0.15) is 31.3 Å². The molecule has 0 spiro atoms. The quantitative estimate of drug-likeness (QED) is 0.845. The number of rotatable bonds is 3. The molecule has 0 unspecified atom stereocenters. The third kappa shape index (κ3) is 2.26. The van der Waals surface area contributed by atoms with Crippen LogP contribution in [0, 0.1) is 13.8 Å². The van der Waals surface area contributed by atoms with E-state index in [1.807, 2.05) is 24.6 Å². The Bertz CT molecular complexity index is 488. The lowest BCUT2D eigenvalue weighted by atomic mass is 9.95. The average molecular weight is 281 g/mol. The van der Waals surface area contributed by atoms with Crippen LogP contribution in [0.15, 0.2) is 6.07 Å². The maximum atomic E-state index is 10.8. The van der Waals surface area contributed by atoms with Crippen LogP contribution in [-0.2, 0) is 9.47 Å². The molecule has 5 atom stereocenters. The first-order valence-electron chi connectivity index (χ1n) is 7.21. The van der Waals surface area contributed by atoms with Crippen LogP contribution >= 0.6 is 0 Å². The number of nitrogens with zero attached hydrogens (tertiary/aromatic N) is 2. The van der Waals surface area contributed by atoms with Crippen molar-refractivity contribution in [3.05, 3.63) is 17.5 Å². The van der Waals surface area contributed by atoms with Crippen LogP contribution in [0.2, 0.25) is 0 Å². The van der Waals surface area contributed by atoms with Crippen LogP contribution < -0.4 is 5.32 Å². The van der Waals surface area contributed by atoms with Crippen LogP contribution in [0.5, 0.6) is 0 Å². The molecule has 6 nitrogen and oxygen atoms in total. The van der Waals surface area contributed by atoms with Gasteiger partial charge in [-0.2, -0.15) is 5.10 Å². The predicted molar refractivity (Wildman–Crippen MR) is 73.4 cm³/mol. The number of hydrogen-bond acceptors (Lipinski definition) is 5. The first kappa shape index (κ1) is 14.0. The van der Waals surface area contributed by atoms with Crippen molar-refractivity contribution in [1.82, 2.24) is 15.1 Å². The number of aliphatic hydroxyl groups excluding tert-OH is 1. The molecule has 3 rings (SSSR count). The highest BCUT2D eigenvalue weighted by Crippen LogP contribution is 2.36. The maximum absolute atomic E-state index is 10.8. The van der Waals surface area contributed by atoms with Crippen LogP contribution in [0.4, 0.5) is 0 Å². The topological polar surface area (TPSA) is 68.5 Å². The molecule has 0 aromatic carbocycles. The molecular weight excluding hydrogens is 258 g/mol. The van der Waals surface area contributed by atoms with Crippen molar-refractivity contribution in [2.75, 3.05) is 6.61 Å². The standard InChI is InChI=1S/C14H23N3O3/c1-7(2)15-11-10-6-19-14(20-10)12(13(11)18)17-9(4)5-8(3)16-17/h5,7,10-15,18H,6H2,1-4H3/t10-,11-,12-,13+,14-/m1/s1. The number of aromatic nitrogens is 2. The molecule has 20 heavy (non-hydrogen) atoms. The van der Waals surface area contributed by atoms with Gasteiger partial charge in [0, 0.05) is 11.7 Å². The summed E-state index contributed by atoms with van der Waals surface area (Å²) < 4.78 is 13.4. The normalized spacial score (nSPS) is 36.8. The smallest absolute Gasteiger partial charge is 0.183 e. The molecule has 2 aliphatic rings. The fraction of sp³-hybridized carbons (Fsp3) is 0.786. The van der Waals surface area contributed by atoms with Gasteiger partial charge in [0.05, 0.1) is 24.4 Å². The highest BCUT2D eigenvalue weighted by Gasteiger charge is 2.51. The second kappa shape index (κ2) is 5.11. The molecule has 0 amide bonds. The summed E-state index contributed by atoms with van der Waals surface area (Å²) in [6, 6.07) is 1.83. The van der Waals surface area contributed by atoms with Crippen molar-refractivity contribution in [2.45, 2.75) is 64.3 Å². The van der Waals surface area contributed by atoms with Crippen molar-refractivity contribution in [1.29, 1.82) is 0 Å². The zero-order valence-electron chi connectivity index (χ0n) is 12.4. The fourth-order valence-corrected chi connectivity index (χ4v) is 3.20. The number of hydrogen-bond donors (Lipinski definition) is 2. The lowest BCUT2D eigenvalue weighted by Gasteiger charge is -2.40. The minimum Gasteiger partial charge on any atom is -0.389 e. The van der Waals surface area contributed by atoms with Gasteiger partial charge in [0.2, 0.25) is 0 Å². The summed E-state index contributed by atoms with van der Waals surface area (Å²) in [5.74, 6) is 0. The van der Waals surface area contributed by atoms with E-state index in [4.69, 9.17) is 9.47 Å². The second-order valence-corrected chi connectivity index (χ2v) is 6.08. The van der Waals surface area contributed by atoms with Gasteiger partial charge in [-0.15, -0.1) is 0 Å². The van der Waals surface area contributed by atoms with Gasteiger partial charge in [-0.05, 0) is 19.9 Å². The summed E-state index contributed by atoms with van der Waals surface area (Å²) in [7, 11) is 0. The van der Waals surface area contributed by atoms with Crippen LogP contribution in [0.25, 0.3) is 0 Å². The number of ether oxygens (including phenoxy) is 2. The molecule has 1 aromatic rings. The molecule has 2 fully saturated rings. The van der Waals surface area contributed by atoms with E-state index in [-0.39, 0.29) is 24.2 Å². The summed E-state index contributed by atoms with van der Waals surface area (Å²) in [4.78, 5) is 0. The molecule has 6 heteroatoms. The Morgan fingerprint density at radius 1 is 1.45 bits per heavy atom. The van der Waals surface area contributed by atoms with Crippen molar-refractivity contribution >= 4 is 0 Å². The molecule has 3 heterocycles. The molecule has 1 aromatic heterocycles. The monoisotopic (exact) mass is 281 g/mol. The minimum absolute atomic E-state index is 0.0920. The van der Waals surface area contributed by atoms with E-state index in [1.165, 1.54) is 0 Å². The lowest BCUT2D eigenvalue weighted by molar-refractivity contribution is -0.169. The summed E-state index contributed by atoms with van der Waals surface area (Å²) >= 11 is 0. The largest absolute Gasteiger partial charge is 0.389 e. The number of aryl methyl sites for hydroxylation is 2. The Kier molecular flexibility index (Phi) is 3.58. The summed E-state index contributed by atoms with van der Waals surface area (Å²) in [6.45, 7) is 8.57. The first-order valence-corrected chi connectivity index (χ1v) is 7.21. The average Bonchev–Trinajstić information content (AvgIpc) is 2.91. The first-order chi connectivity index (χ1) is 9.47. The highest BCUT2D eigenvalue weighted by molar-refractivity contribution is 5.11. The maximum Gasteiger partial charge on any atom is 0.183 e. The van der Waals surface area contributed by atoms with E-state index in [0.717, 1.165) is 11.4 Å². The Morgan fingerprint density at radius 2 is 2.20 bits per heavy atom. The zero-order chi connectivity index (χ0) is 14.4. The number of nitrogens with one attached hydrogen (secondary N) is 1. The molecule has 2 saturated heterocycles. The molecular formula is C14H23N3O3. The SMILES string of the molecule is Cc1cc(C)n([C@H]2[C@@H]3OC[C@@H](O3)[C@@H](NC(C)C)[C@@H]2O)n1. The van der Waals surface area contributed by atoms with Crippen LogP contribution in [-0.4, -0.2) is 52.1 Å². The highest BCUT2D eigenvalue weighted by atomic mass is 16.7. The number of aliphatic hydroxyl groups is 1. The summed E-state index contributed by atoms with van der Waals surface area (Å²) in [5.41, 5.74) is 1.94.